The van der Waals surface area contributed by atoms with E-state index in [-0.39, 0.29) is 5.91 Å². The second kappa shape index (κ2) is 6.08. The standard InChI is InChI=1S/C17H15Cl2NO/c18-12-8-9-15(19)16(10-12)20-17(21)14-7-3-5-11-4-1-2-6-13(11)14/h3,5,7-10H,1-2,4,6H2,(H,20,21). The summed E-state index contributed by atoms with van der Waals surface area (Å²) in [6.45, 7) is 0. The van der Waals surface area contributed by atoms with Crippen molar-refractivity contribution in [3.8, 4) is 0 Å². The second-order valence-electron chi connectivity index (χ2n) is 5.23. The van der Waals surface area contributed by atoms with Crippen molar-refractivity contribution in [2.24, 2.45) is 0 Å². The van der Waals surface area contributed by atoms with Gasteiger partial charge in [-0.05, 0) is 61.1 Å². The molecule has 4 heteroatoms. The first-order valence-electron chi connectivity index (χ1n) is 7.02. The molecule has 3 rings (SSSR count). The third-order valence-corrected chi connectivity index (χ3v) is 4.38. The molecule has 0 atom stereocenters. The van der Waals surface area contributed by atoms with Crippen LogP contribution in [0.1, 0.15) is 34.3 Å². The molecule has 0 fully saturated rings. The number of carbonyl (C=O) groups excluding carboxylic acids is 1. The molecule has 0 aliphatic heterocycles. The molecule has 0 bridgehead atoms. The number of nitrogens with one attached hydrogen (secondary N) is 1. The summed E-state index contributed by atoms with van der Waals surface area (Å²) in [5, 5.41) is 3.89. The Hall–Kier alpha value is -1.51. The van der Waals surface area contributed by atoms with Crippen LogP contribution in [0.25, 0.3) is 0 Å². The summed E-state index contributed by atoms with van der Waals surface area (Å²) >= 11 is 12.0. The molecule has 1 aliphatic carbocycles. The van der Waals surface area contributed by atoms with Crippen LogP contribution in [0, 0.1) is 0 Å². The minimum Gasteiger partial charge on any atom is -0.321 e. The maximum Gasteiger partial charge on any atom is 0.255 e. The zero-order chi connectivity index (χ0) is 14.8. The van der Waals surface area contributed by atoms with Crippen molar-refractivity contribution < 1.29 is 4.79 Å². The van der Waals surface area contributed by atoms with Crippen molar-refractivity contribution in [3.05, 3.63) is 63.1 Å². The number of rotatable bonds is 2. The molecule has 2 aromatic carbocycles. The first-order valence-corrected chi connectivity index (χ1v) is 7.78. The SMILES string of the molecule is O=C(Nc1cc(Cl)ccc1Cl)c1cccc2c1CCCC2. The summed E-state index contributed by atoms with van der Waals surface area (Å²) in [7, 11) is 0. The monoisotopic (exact) mass is 319 g/mol. The normalized spacial score (nSPS) is 13.6. The summed E-state index contributed by atoms with van der Waals surface area (Å²) in [5.41, 5.74) is 3.73. The fraction of sp³-hybridized carbons (Fsp3) is 0.235. The minimum atomic E-state index is -0.127. The Kier molecular flexibility index (Phi) is 4.18. The Labute approximate surface area is 134 Å². The zero-order valence-corrected chi connectivity index (χ0v) is 13.0. The van der Waals surface area contributed by atoms with Gasteiger partial charge in [0.15, 0.2) is 0 Å². The fourth-order valence-corrected chi connectivity index (χ4v) is 3.11. The Balaban J connectivity index is 1.91. The molecule has 21 heavy (non-hydrogen) atoms. The molecule has 2 aromatic rings. The van der Waals surface area contributed by atoms with E-state index in [0.717, 1.165) is 24.8 Å². The van der Waals surface area contributed by atoms with E-state index in [9.17, 15) is 4.79 Å². The number of amides is 1. The lowest BCUT2D eigenvalue weighted by atomic mass is 9.88. The topological polar surface area (TPSA) is 29.1 Å². The third-order valence-electron chi connectivity index (χ3n) is 3.82. The lowest BCUT2D eigenvalue weighted by Gasteiger charge is -2.19. The van der Waals surface area contributed by atoms with E-state index in [1.165, 1.54) is 17.5 Å². The van der Waals surface area contributed by atoms with Gasteiger partial charge in [-0.25, -0.2) is 0 Å². The molecule has 108 valence electrons. The molecule has 1 amide bonds. The molecule has 0 spiro atoms. The highest BCUT2D eigenvalue weighted by Gasteiger charge is 2.18. The average molecular weight is 320 g/mol. The average Bonchev–Trinajstić information content (AvgIpc) is 2.50. The van der Waals surface area contributed by atoms with Crippen LogP contribution < -0.4 is 5.32 Å². The number of hydrogen-bond donors (Lipinski definition) is 1. The van der Waals surface area contributed by atoms with Gasteiger partial charge in [-0.15, -0.1) is 0 Å². The summed E-state index contributed by atoms with van der Waals surface area (Å²) in [5.74, 6) is -0.127. The van der Waals surface area contributed by atoms with E-state index < -0.39 is 0 Å². The zero-order valence-electron chi connectivity index (χ0n) is 11.5. The Bertz CT molecular complexity index is 697. The molecule has 0 saturated carbocycles. The third kappa shape index (κ3) is 3.07. The summed E-state index contributed by atoms with van der Waals surface area (Å²) < 4.78 is 0. The van der Waals surface area contributed by atoms with Gasteiger partial charge in [-0.2, -0.15) is 0 Å². The van der Waals surface area contributed by atoms with Crippen LogP contribution in [0.4, 0.5) is 5.69 Å². The maximum atomic E-state index is 12.5. The largest absolute Gasteiger partial charge is 0.321 e. The van der Waals surface area contributed by atoms with Gasteiger partial charge in [0.05, 0.1) is 10.7 Å². The predicted molar refractivity (Wildman–Crippen MR) is 87.5 cm³/mol. The van der Waals surface area contributed by atoms with Crippen molar-refractivity contribution in [1.29, 1.82) is 0 Å². The van der Waals surface area contributed by atoms with Crippen molar-refractivity contribution in [3.63, 3.8) is 0 Å². The van der Waals surface area contributed by atoms with E-state index >= 15 is 0 Å². The van der Waals surface area contributed by atoms with E-state index in [1.54, 1.807) is 18.2 Å². The summed E-state index contributed by atoms with van der Waals surface area (Å²) in [4.78, 5) is 12.5. The number of benzene rings is 2. The van der Waals surface area contributed by atoms with Crippen LogP contribution in [0.15, 0.2) is 36.4 Å². The first kappa shape index (κ1) is 14.4. The second-order valence-corrected chi connectivity index (χ2v) is 6.07. The molecule has 2 nitrogen and oxygen atoms in total. The molecule has 0 unspecified atom stereocenters. The lowest BCUT2D eigenvalue weighted by molar-refractivity contribution is 0.102. The van der Waals surface area contributed by atoms with Gasteiger partial charge in [0.2, 0.25) is 0 Å². The van der Waals surface area contributed by atoms with Crippen LogP contribution >= 0.6 is 23.2 Å². The quantitative estimate of drug-likeness (QED) is 0.817. The summed E-state index contributed by atoms with van der Waals surface area (Å²) in [6.07, 6.45) is 4.34. The lowest BCUT2D eigenvalue weighted by Crippen LogP contribution is -2.17. The van der Waals surface area contributed by atoms with Crippen molar-refractivity contribution in [2.75, 3.05) is 5.32 Å². The molecule has 0 saturated heterocycles. The van der Waals surface area contributed by atoms with Gasteiger partial charge in [0, 0.05) is 10.6 Å². The van der Waals surface area contributed by atoms with Crippen LogP contribution in [0.3, 0.4) is 0 Å². The number of carbonyl (C=O) groups is 1. The molecule has 1 aliphatic rings. The van der Waals surface area contributed by atoms with Crippen LogP contribution in [-0.2, 0) is 12.8 Å². The van der Waals surface area contributed by atoms with Crippen LogP contribution in [-0.4, -0.2) is 5.91 Å². The fourth-order valence-electron chi connectivity index (χ4n) is 2.78. The Morgan fingerprint density at radius 2 is 1.86 bits per heavy atom. The molecule has 0 radical (unpaired) electrons. The minimum absolute atomic E-state index is 0.127. The molecule has 1 N–H and O–H groups in total. The van der Waals surface area contributed by atoms with Gasteiger partial charge in [-0.1, -0.05) is 35.3 Å². The van der Waals surface area contributed by atoms with E-state index in [4.69, 9.17) is 23.2 Å². The number of anilines is 1. The van der Waals surface area contributed by atoms with Gasteiger partial charge >= 0.3 is 0 Å². The van der Waals surface area contributed by atoms with Gasteiger partial charge in [0.25, 0.3) is 5.91 Å². The molecule has 0 heterocycles. The van der Waals surface area contributed by atoms with Gasteiger partial charge < -0.3 is 5.32 Å². The molecular formula is C17H15Cl2NO. The maximum absolute atomic E-state index is 12.5. The van der Waals surface area contributed by atoms with E-state index in [1.807, 2.05) is 12.1 Å². The van der Waals surface area contributed by atoms with Gasteiger partial charge in [-0.3, -0.25) is 4.79 Å². The number of fused-ring (bicyclic) bond motifs is 1. The Morgan fingerprint density at radius 1 is 1.05 bits per heavy atom. The predicted octanol–water partition coefficient (Wildman–Crippen LogP) is 5.12. The van der Waals surface area contributed by atoms with E-state index in [0.29, 0.717) is 15.7 Å². The van der Waals surface area contributed by atoms with Crippen LogP contribution in [0.5, 0.6) is 0 Å². The van der Waals surface area contributed by atoms with E-state index in [2.05, 4.69) is 11.4 Å². The number of hydrogen-bond acceptors (Lipinski definition) is 1. The highest BCUT2D eigenvalue weighted by molar-refractivity contribution is 6.35. The van der Waals surface area contributed by atoms with Gasteiger partial charge in [0.1, 0.15) is 0 Å². The highest BCUT2D eigenvalue weighted by atomic mass is 35.5. The summed E-state index contributed by atoms with van der Waals surface area (Å²) in [6, 6.07) is 11.0. The highest BCUT2D eigenvalue weighted by Crippen LogP contribution is 2.28. The molecular weight excluding hydrogens is 305 g/mol. The smallest absolute Gasteiger partial charge is 0.255 e. The Morgan fingerprint density at radius 3 is 2.71 bits per heavy atom. The van der Waals surface area contributed by atoms with Crippen molar-refractivity contribution >= 4 is 34.8 Å². The van der Waals surface area contributed by atoms with Crippen LogP contribution in [0.2, 0.25) is 10.0 Å². The van der Waals surface area contributed by atoms with Crippen molar-refractivity contribution in [1.82, 2.24) is 0 Å². The first-order chi connectivity index (χ1) is 10.1. The number of aryl methyl sites for hydroxylation is 1. The number of halogens is 2. The molecule has 0 aromatic heterocycles. The van der Waals surface area contributed by atoms with Crippen molar-refractivity contribution in [2.45, 2.75) is 25.7 Å².